The van der Waals surface area contributed by atoms with E-state index in [0.717, 1.165) is 24.5 Å². The molecule has 0 atom stereocenters. The van der Waals surface area contributed by atoms with E-state index < -0.39 is 5.97 Å². The lowest BCUT2D eigenvalue weighted by Crippen LogP contribution is -2.49. The third-order valence-electron chi connectivity index (χ3n) is 4.12. The van der Waals surface area contributed by atoms with Crippen LogP contribution in [0.3, 0.4) is 0 Å². The summed E-state index contributed by atoms with van der Waals surface area (Å²) in [4.78, 5) is 28.5. The molecule has 0 aliphatic carbocycles. The maximum absolute atomic E-state index is 12.2. The smallest absolute Gasteiger partial charge is 0.348 e. The van der Waals surface area contributed by atoms with Crippen molar-refractivity contribution in [3.63, 3.8) is 0 Å². The van der Waals surface area contributed by atoms with E-state index in [0.29, 0.717) is 18.0 Å². The quantitative estimate of drug-likeness (QED) is 0.766. The van der Waals surface area contributed by atoms with Gasteiger partial charge in [0.1, 0.15) is 10.6 Å². The monoisotopic (exact) mass is 360 g/mol. The van der Waals surface area contributed by atoms with Crippen LogP contribution in [0.4, 0.5) is 5.69 Å². The first-order chi connectivity index (χ1) is 12.2. The molecule has 1 aliphatic rings. The molecule has 6 nitrogen and oxygen atoms in total. The van der Waals surface area contributed by atoms with Gasteiger partial charge in [-0.05, 0) is 35.7 Å². The molecule has 0 saturated carbocycles. The van der Waals surface area contributed by atoms with E-state index >= 15 is 0 Å². The summed E-state index contributed by atoms with van der Waals surface area (Å²) in [5.74, 6) is 0.227. The topological polar surface area (TPSA) is 59.1 Å². The summed E-state index contributed by atoms with van der Waals surface area (Å²) in [6, 6.07) is 11.3. The number of piperazine rings is 1. The Hall–Kier alpha value is -2.54. The van der Waals surface area contributed by atoms with Crippen LogP contribution in [0.5, 0.6) is 5.75 Å². The second kappa shape index (κ2) is 8.02. The SMILES string of the molecule is COc1ccc(N2CCN(C(=O)COC(=O)c3cccs3)CC2)cc1. The maximum Gasteiger partial charge on any atom is 0.348 e. The molecule has 0 spiro atoms. The summed E-state index contributed by atoms with van der Waals surface area (Å²) in [6.45, 7) is 2.51. The number of rotatable bonds is 5. The molecule has 1 aromatic heterocycles. The number of nitrogens with zero attached hydrogens (tertiary/aromatic N) is 2. The van der Waals surface area contributed by atoms with Gasteiger partial charge in [0.2, 0.25) is 0 Å². The Bertz CT molecular complexity index is 707. The average Bonchev–Trinajstić information content (AvgIpc) is 3.21. The number of hydrogen-bond acceptors (Lipinski definition) is 6. The minimum Gasteiger partial charge on any atom is -0.497 e. The molecule has 1 aromatic carbocycles. The highest BCUT2D eigenvalue weighted by molar-refractivity contribution is 7.11. The van der Waals surface area contributed by atoms with Crippen LogP contribution in [-0.4, -0.2) is 56.7 Å². The molecule has 1 fully saturated rings. The summed E-state index contributed by atoms with van der Waals surface area (Å²) in [7, 11) is 1.64. The van der Waals surface area contributed by atoms with Crippen molar-refractivity contribution in [3.05, 3.63) is 46.7 Å². The highest BCUT2D eigenvalue weighted by atomic mass is 32.1. The Morgan fingerprint density at radius 2 is 1.80 bits per heavy atom. The zero-order chi connectivity index (χ0) is 17.6. The van der Waals surface area contributed by atoms with E-state index in [4.69, 9.17) is 9.47 Å². The molecule has 132 valence electrons. The van der Waals surface area contributed by atoms with Gasteiger partial charge < -0.3 is 19.3 Å². The molecule has 0 unspecified atom stereocenters. The molecule has 25 heavy (non-hydrogen) atoms. The largest absolute Gasteiger partial charge is 0.497 e. The molecule has 3 rings (SSSR count). The van der Waals surface area contributed by atoms with Crippen molar-refractivity contribution in [2.45, 2.75) is 0 Å². The molecular formula is C18H20N2O4S. The highest BCUT2D eigenvalue weighted by Crippen LogP contribution is 2.20. The fourth-order valence-corrected chi connectivity index (χ4v) is 3.31. The lowest BCUT2D eigenvalue weighted by Gasteiger charge is -2.36. The minimum atomic E-state index is -0.444. The molecule has 7 heteroatoms. The van der Waals surface area contributed by atoms with E-state index in [-0.39, 0.29) is 12.5 Å². The van der Waals surface area contributed by atoms with Gasteiger partial charge in [-0.15, -0.1) is 11.3 Å². The van der Waals surface area contributed by atoms with E-state index in [1.54, 1.807) is 29.5 Å². The number of hydrogen-bond donors (Lipinski definition) is 0. The van der Waals surface area contributed by atoms with Gasteiger partial charge in [-0.1, -0.05) is 6.07 Å². The van der Waals surface area contributed by atoms with E-state index in [2.05, 4.69) is 4.90 Å². The summed E-state index contributed by atoms with van der Waals surface area (Å²) in [5, 5.41) is 1.80. The molecule has 2 aromatic rings. The third kappa shape index (κ3) is 4.30. The number of carbonyl (C=O) groups excluding carboxylic acids is 2. The number of ether oxygens (including phenoxy) is 2. The summed E-state index contributed by atoms with van der Waals surface area (Å²) >= 11 is 1.30. The predicted molar refractivity (Wildman–Crippen MR) is 96.4 cm³/mol. The van der Waals surface area contributed by atoms with Gasteiger partial charge in [0.05, 0.1) is 7.11 Å². The van der Waals surface area contributed by atoms with Gasteiger partial charge in [0, 0.05) is 31.9 Å². The molecule has 0 radical (unpaired) electrons. The zero-order valence-corrected chi connectivity index (χ0v) is 14.8. The van der Waals surface area contributed by atoms with Crippen LogP contribution in [0.1, 0.15) is 9.67 Å². The van der Waals surface area contributed by atoms with Crippen LogP contribution in [0.15, 0.2) is 41.8 Å². The second-order valence-corrected chi connectivity index (χ2v) is 6.57. The Morgan fingerprint density at radius 1 is 1.08 bits per heavy atom. The van der Waals surface area contributed by atoms with E-state index in [1.165, 1.54) is 11.3 Å². The molecule has 1 saturated heterocycles. The number of carbonyl (C=O) groups is 2. The Morgan fingerprint density at radius 3 is 2.40 bits per heavy atom. The maximum atomic E-state index is 12.2. The summed E-state index contributed by atoms with van der Waals surface area (Å²) in [5.41, 5.74) is 1.11. The van der Waals surface area contributed by atoms with Gasteiger partial charge in [0.25, 0.3) is 5.91 Å². The molecule has 0 bridgehead atoms. The van der Waals surface area contributed by atoms with Gasteiger partial charge in [0.15, 0.2) is 6.61 Å². The first-order valence-corrected chi connectivity index (χ1v) is 8.93. The number of anilines is 1. The molecular weight excluding hydrogens is 340 g/mol. The van der Waals surface area contributed by atoms with Crippen molar-refractivity contribution in [1.29, 1.82) is 0 Å². The highest BCUT2D eigenvalue weighted by Gasteiger charge is 2.22. The van der Waals surface area contributed by atoms with Crippen molar-refractivity contribution >= 4 is 28.9 Å². The first kappa shape index (κ1) is 17.3. The molecule has 2 heterocycles. The van der Waals surface area contributed by atoms with Crippen LogP contribution >= 0.6 is 11.3 Å². The Balaban J connectivity index is 1.46. The molecule has 1 aliphatic heterocycles. The number of amides is 1. The van der Waals surface area contributed by atoms with Gasteiger partial charge in [-0.25, -0.2) is 4.79 Å². The Kier molecular flexibility index (Phi) is 5.55. The van der Waals surface area contributed by atoms with Crippen LogP contribution in [0.2, 0.25) is 0 Å². The fourth-order valence-electron chi connectivity index (χ4n) is 2.69. The minimum absolute atomic E-state index is 0.153. The second-order valence-electron chi connectivity index (χ2n) is 5.62. The average molecular weight is 360 g/mol. The zero-order valence-electron chi connectivity index (χ0n) is 14.0. The number of methoxy groups -OCH3 is 1. The van der Waals surface area contributed by atoms with Crippen LogP contribution in [-0.2, 0) is 9.53 Å². The lowest BCUT2D eigenvalue weighted by atomic mass is 10.2. The van der Waals surface area contributed by atoms with Gasteiger partial charge in [-0.2, -0.15) is 0 Å². The normalized spacial score (nSPS) is 14.3. The van der Waals surface area contributed by atoms with Gasteiger partial charge >= 0.3 is 5.97 Å². The molecule has 0 N–H and O–H groups in total. The summed E-state index contributed by atoms with van der Waals surface area (Å²) in [6.07, 6.45) is 0. The standard InChI is InChI=1S/C18H20N2O4S/c1-23-15-6-4-14(5-7-15)19-8-10-20(11-9-19)17(21)13-24-18(22)16-3-2-12-25-16/h2-7,12H,8-11,13H2,1H3. The number of benzene rings is 1. The van der Waals surface area contributed by atoms with Crippen LogP contribution in [0.25, 0.3) is 0 Å². The molecule has 1 amide bonds. The predicted octanol–water partition coefficient (Wildman–Crippen LogP) is 2.26. The fraction of sp³-hybridized carbons (Fsp3) is 0.333. The van der Waals surface area contributed by atoms with E-state index in [9.17, 15) is 9.59 Å². The number of thiophene rings is 1. The Labute approximate surface area is 150 Å². The van der Waals surface area contributed by atoms with E-state index in [1.807, 2.05) is 24.3 Å². The van der Waals surface area contributed by atoms with Crippen molar-refractivity contribution in [2.24, 2.45) is 0 Å². The van der Waals surface area contributed by atoms with Crippen molar-refractivity contribution in [3.8, 4) is 5.75 Å². The lowest BCUT2D eigenvalue weighted by molar-refractivity contribution is -0.134. The van der Waals surface area contributed by atoms with Crippen LogP contribution < -0.4 is 9.64 Å². The summed E-state index contributed by atoms with van der Waals surface area (Å²) < 4.78 is 10.3. The third-order valence-corrected chi connectivity index (χ3v) is 4.97. The van der Waals surface area contributed by atoms with Crippen molar-refractivity contribution in [2.75, 3.05) is 44.8 Å². The first-order valence-electron chi connectivity index (χ1n) is 8.05. The van der Waals surface area contributed by atoms with Crippen molar-refractivity contribution in [1.82, 2.24) is 4.90 Å². The van der Waals surface area contributed by atoms with Crippen LogP contribution in [0, 0.1) is 0 Å². The van der Waals surface area contributed by atoms with Crippen molar-refractivity contribution < 1.29 is 19.1 Å². The number of esters is 1. The van der Waals surface area contributed by atoms with Gasteiger partial charge in [-0.3, -0.25) is 4.79 Å².